The van der Waals surface area contributed by atoms with Gasteiger partial charge in [0, 0.05) is 13.1 Å². The van der Waals surface area contributed by atoms with Gasteiger partial charge in [-0.15, -0.1) is 0 Å². The predicted octanol–water partition coefficient (Wildman–Crippen LogP) is -0.551. The number of likely N-dealkylation sites (N-methyl/N-ethyl adjacent to an activating group) is 1. The van der Waals surface area contributed by atoms with Crippen LogP contribution in [0, 0.1) is 6.92 Å². The lowest BCUT2D eigenvalue weighted by atomic mass is 10.2. The molecule has 1 aromatic rings. The van der Waals surface area contributed by atoms with Gasteiger partial charge in [0.05, 0.1) is 4.90 Å². The Hall–Kier alpha value is -1.48. The topological polar surface area (TPSA) is 78.5 Å². The molecule has 0 radical (unpaired) electrons. The standard InChI is InChI=1S/C15H22N4O3S/c1-12-3-5-13(6-4-12)23(21,22)17-14-11-19(16-15(14)20)9-7-18(2)8-10-19/h3-6,14,17H,7-11H2,1-2H3/p+1. The number of sulfonamides is 1. The molecule has 1 aromatic carbocycles. The summed E-state index contributed by atoms with van der Waals surface area (Å²) in [5.74, 6) is -0.245. The van der Waals surface area contributed by atoms with Crippen LogP contribution in [0.1, 0.15) is 5.56 Å². The highest BCUT2D eigenvalue weighted by molar-refractivity contribution is 7.89. The first-order chi connectivity index (χ1) is 10.8. The Bertz CT molecular complexity index is 694. The van der Waals surface area contributed by atoms with E-state index in [4.69, 9.17) is 0 Å². The maximum absolute atomic E-state index is 12.5. The number of carbonyl (C=O) groups is 1. The minimum absolute atomic E-state index is 0.188. The summed E-state index contributed by atoms with van der Waals surface area (Å²) in [4.78, 5) is 14.6. The average molecular weight is 339 g/mol. The van der Waals surface area contributed by atoms with Gasteiger partial charge >= 0.3 is 0 Å². The molecule has 3 rings (SSSR count). The minimum Gasteiger partial charge on any atom is -0.295 e. The molecule has 23 heavy (non-hydrogen) atoms. The third kappa shape index (κ3) is 3.40. The number of benzene rings is 1. The predicted molar refractivity (Wildman–Crippen MR) is 85.8 cm³/mol. The molecule has 2 fully saturated rings. The molecular formula is C15H23N4O3S+. The fraction of sp³-hybridized carbons (Fsp3) is 0.533. The van der Waals surface area contributed by atoms with E-state index in [1.807, 2.05) is 14.0 Å². The number of nitrogens with zero attached hydrogens (tertiary/aromatic N) is 2. The molecular weight excluding hydrogens is 316 g/mol. The first-order valence-electron chi connectivity index (χ1n) is 7.75. The van der Waals surface area contributed by atoms with Crippen molar-refractivity contribution in [3.05, 3.63) is 29.8 Å². The lowest BCUT2D eigenvalue weighted by Crippen LogP contribution is -2.63. The van der Waals surface area contributed by atoms with Crippen LogP contribution in [0.25, 0.3) is 0 Å². The number of carbonyl (C=O) groups excluding carboxylic acids is 1. The second kappa shape index (κ2) is 5.86. The van der Waals surface area contributed by atoms with E-state index >= 15 is 0 Å². The summed E-state index contributed by atoms with van der Waals surface area (Å²) in [7, 11) is -1.64. The molecule has 7 nitrogen and oxygen atoms in total. The van der Waals surface area contributed by atoms with Gasteiger partial charge in [0.2, 0.25) is 10.0 Å². The van der Waals surface area contributed by atoms with E-state index in [0.29, 0.717) is 11.1 Å². The van der Waals surface area contributed by atoms with Crippen LogP contribution in [-0.2, 0) is 14.8 Å². The van der Waals surface area contributed by atoms with E-state index in [1.165, 1.54) is 0 Å². The second-order valence-electron chi connectivity index (χ2n) is 6.54. The number of aryl methyl sites for hydroxylation is 1. The van der Waals surface area contributed by atoms with Gasteiger partial charge in [-0.2, -0.15) is 4.72 Å². The van der Waals surface area contributed by atoms with Gasteiger partial charge in [-0.25, -0.2) is 18.4 Å². The molecule has 2 N–H and O–H groups in total. The van der Waals surface area contributed by atoms with Crippen LogP contribution < -0.4 is 10.1 Å². The van der Waals surface area contributed by atoms with Crippen molar-refractivity contribution in [2.24, 2.45) is 0 Å². The number of rotatable bonds is 3. The number of hydrogen-bond acceptors (Lipinski definition) is 4. The van der Waals surface area contributed by atoms with Crippen LogP contribution in [0.4, 0.5) is 0 Å². The highest BCUT2D eigenvalue weighted by Gasteiger charge is 2.47. The van der Waals surface area contributed by atoms with E-state index in [2.05, 4.69) is 15.0 Å². The van der Waals surface area contributed by atoms with Crippen LogP contribution in [-0.4, -0.2) is 69.6 Å². The zero-order valence-electron chi connectivity index (χ0n) is 13.4. The number of nitrogens with one attached hydrogen (secondary N) is 2. The zero-order valence-corrected chi connectivity index (χ0v) is 14.3. The van der Waals surface area contributed by atoms with Gasteiger partial charge < -0.3 is 0 Å². The van der Waals surface area contributed by atoms with Crippen molar-refractivity contribution in [1.82, 2.24) is 15.0 Å². The molecule has 8 heteroatoms. The highest BCUT2D eigenvalue weighted by Crippen LogP contribution is 2.18. The molecule has 0 saturated carbocycles. The smallest absolute Gasteiger partial charge is 0.289 e. The number of amides is 1. The van der Waals surface area contributed by atoms with Crippen molar-refractivity contribution >= 4 is 15.9 Å². The van der Waals surface area contributed by atoms with Gasteiger partial charge in [-0.3, -0.25) is 9.69 Å². The third-order valence-electron chi connectivity index (χ3n) is 4.64. The van der Waals surface area contributed by atoms with Crippen molar-refractivity contribution in [2.75, 3.05) is 39.8 Å². The number of quaternary nitrogens is 1. The van der Waals surface area contributed by atoms with Crippen LogP contribution >= 0.6 is 0 Å². The molecule has 0 bridgehead atoms. The minimum atomic E-state index is -3.69. The second-order valence-corrected chi connectivity index (χ2v) is 8.26. The fourth-order valence-electron chi connectivity index (χ4n) is 3.10. The van der Waals surface area contributed by atoms with Crippen LogP contribution in [0.3, 0.4) is 0 Å². The quantitative estimate of drug-likeness (QED) is 0.725. The Morgan fingerprint density at radius 1 is 1.22 bits per heavy atom. The molecule has 1 amide bonds. The van der Waals surface area contributed by atoms with Crippen molar-refractivity contribution in [3.8, 4) is 0 Å². The van der Waals surface area contributed by atoms with Gasteiger partial charge in [-0.05, 0) is 26.1 Å². The summed E-state index contributed by atoms with van der Waals surface area (Å²) in [6, 6.07) is 5.90. The molecule has 1 unspecified atom stereocenters. The Balaban J connectivity index is 1.73. The third-order valence-corrected chi connectivity index (χ3v) is 6.13. The fourth-order valence-corrected chi connectivity index (χ4v) is 4.28. The van der Waals surface area contributed by atoms with Crippen molar-refractivity contribution in [1.29, 1.82) is 0 Å². The number of piperazine rings is 1. The van der Waals surface area contributed by atoms with Crippen LogP contribution in [0.2, 0.25) is 0 Å². The molecule has 2 aliphatic heterocycles. The Kier molecular flexibility index (Phi) is 4.18. The maximum atomic E-state index is 12.5. The zero-order chi connectivity index (χ0) is 16.7. The lowest BCUT2D eigenvalue weighted by Gasteiger charge is -2.38. The highest BCUT2D eigenvalue weighted by atomic mass is 32.2. The summed E-state index contributed by atoms with van der Waals surface area (Å²) in [6.45, 7) is 5.72. The molecule has 2 heterocycles. The van der Waals surface area contributed by atoms with Crippen LogP contribution in [0.15, 0.2) is 29.2 Å². The van der Waals surface area contributed by atoms with E-state index < -0.39 is 16.1 Å². The first-order valence-corrected chi connectivity index (χ1v) is 9.24. The van der Waals surface area contributed by atoms with Gasteiger partial charge in [0.25, 0.3) is 5.91 Å². The van der Waals surface area contributed by atoms with Gasteiger partial charge in [0.1, 0.15) is 19.6 Å². The van der Waals surface area contributed by atoms with E-state index in [-0.39, 0.29) is 10.8 Å². The lowest BCUT2D eigenvalue weighted by molar-refractivity contribution is -0.956. The van der Waals surface area contributed by atoms with Crippen LogP contribution in [0.5, 0.6) is 0 Å². The molecule has 0 aromatic heterocycles. The maximum Gasteiger partial charge on any atom is 0.289 e. The van der Waals surface area contributed by atoms with Crippen molar-refractivity contribution in [2.45, 2.75) is 17.9 Å². The summed E-state index contributed by atoms with van der Waals surface area (Å²) >= 11 is 0. The summed E-state index contributed by atoms with van der Waals surface area (Å²) in [5.41, 5.74) is 3.96. The normalized spacial score (nSPS) is 24.8. The Morgan fingerprint density at radius 2 is 1.83 bits per heavy atom. The molecule has 2 saturated heterocycles. The molecule has 1 atom stereocenters. The SMILES string of the molecule is Cc1ccc(S(=O)(=O)NC2C[N+]3(CCN(C)CC3)NC2=O)cc1. The first kappa shape index (κ1) is 16.4. The van der Waals surface area contributed by atoms with E-state index in [1.54, 1.807) is 24.3 Å². The summed E-state index contributed by atoms with van der Waals surface area (Å²) in [6.07, 6.45) is 0. The van der Waals surface area contributed by atoms with Crippen molar-refractivity contribution in [3.63, 3.8) is 0 Å². The van der Waals surface area contributed by atoms with Gasteiger partial charge in [-0.1, -0.05) is 17.7 Å². The number of hydrogen-bond donors (Lipinski definition) is 2. The monoisotopic (exact) mass is 339 g/mol. The van der Waals surface area contributed by atoms with Gasteiger partial charge in [0.15, 0.2) is 6.04 Å². The Morgan fingerprint density at radius 3 is 2.43 bits per heavy atom. The van der Waals surface area contributed by atoms with Crippen molar-refractivity contribution < 1.29 is 17.8 Å². The molecule has 2 aliphatic rings. The molecule has 1 spiro atoms. The Labute approximate surface area is 136 Å². The summed E-state index contributed by atoms with van der Waals surface area (Å²) < 4.78 is 27.9. The molecule has 0 aliphatic carbocycles. The summed E-state index contributed by atoms with van der Waals surface area (Å²) in [5, 5.41) is 0. The van der Waals surface area contributed by atoms with E-state index in [9.17, 15) is 13.2 Å². The largest absolute Gasteiger partial charge is 0.295 e. The molecule has 126 valence electrons. The van der Waals surface area contributed by atoms with E-state index in [0.717, 1.165) is 31.7 Å². The average Bonchev–Trinajstić information content (AvgIpc) is 2.78.